The Hall–Kier alpha value is -4.79. The fourth-order valence-electron chi connectivity index (χ4n) is 4.57. The average molecular weight is 497 g/mol. The number of allylic oxidation sites excluding steroid dienone is 1. The summed E-state index contributed by atoms with van der Waals surface area (Å²) in [5, 5.41) is 7.36. The number of hydrogen-bond acceptors (Lipinski definition) is 7. The molecule has 0 aliphatic carbocycles. The number of rotatable bonds is 6. The maximum absolute atomic E-state index is 13.3. The second kappa shape index (κ2) is 9.34. The van der Waals surface area contributed by atoms with Crippen LogP contribution < -0.4 is 19.5 Å². The Balaban J connectivity index is 1.43. The van der Waals surface area contributed by atoms with Crippen molar-refractivity contribution in [3.63, 3.8) is 0 Å². The summed E-state index contributed by atoms with van der Waals surface area (Å²) in [4.78, 5) is 19.7. The molecule has 1 unspecified atom stereocenters. The van der Waals surface area contributed by atoms with Crippen LogP contribution >= 0.6 is 0 Å². The number of urea groups is 1. The molecule has 0 saturated heterocycles. The number of fused-ring (bicyclic) bond motifs is 1. The highest BCUT2D eigenvalue weighted by molar-refractivity contribution is 5.87. The van der Waals surface area contributed by atoms with E-state index in [1.807, 2.05) is 79.7 Å². The molecule has 0 bridgehead atoms. The van der Waals surface area contributed by atoms with E-state index in [1.165, 1.54) is 0 Å². The number of carbonyl (C=O) groups is 1. The van der Waals surface area contributed by atoms with Gasteiger partial charge in [-0.3, -0.25) is 4.90 Å². The van der Waals surface area contributed by atoms with E-state index in [0.717, 1.165) is 22.4 Å². The number of nitrogens with zero attached hydrogens (tertiary/aromatic N) is 3. The summed E-state index contributed by atoms with van der Waals surface area (Å²) in [6.45, 7) is 2.48. The first-order valence-electron chi connectivity index (χ1n) is 11.8. The van der Waals surface area contributed by atoms with Gasteiger partial charge in [0.15, 0.2) is 11.5 Å². The summed E-state index contributed by atoms with van der Waals surface area (Å²) in [5.74, 6) is 2.71. The van der Waals surface area contributed by atoms with Crippen LogP contribution in [0.1, 0.15) is 30.0 Å². The third-order valence-electron chi connectivity index (χ3n) is 6.49. The molecule has 0 radical (unpaired) electrons. The molecule has 2 aliphatic rings. The van der Waals surface area contributed by atoms with Gasteiger partial charge >= 0.3 is 6.03 Å². The third-order valence-corrected chi connectivity index (χ3v) is 6.49. The van der Waals surface area contributed by atoms with E-state index >= 15 is 0 Å². The largest absolute Gasteiger partial charge is 0.497 e. The van der Waals surface area contributed by atoms with Gasteiger partial charge in [-0.15, -0.1) is 0 Å². The van der Waals surface area contributed by atoms with Crippen molar-refractivity contribution in [1.82, 2.24) is 20.4 Å². The van der Waals surface area contributed by atoms with Gasteiger partial charge in [0.25, 0.3) is 5.89 Å². The van der Waals surface area contributed by atoms with Crippen LogP contribution in [0, 0.1) is 0 Å². The first-order chi connectivity index (χ1) is 18.1. The molecule has 9 heteroatoms. The molecule has 1 aromatic heterocycles. The zero-order chi connectivity index (χ0) is 25.4. The van der Waals surface area contributed by atoms with Crippen molar-refractivity contribution in [3.8, 4) is 28.6 Å². The lowest BCUT2D eigenvalue weighted by molar-refractivity contribution is 0.174. The highest BCUT2D eigenvalue weighted by atomic mass is 16.7. The van der Waals surface area contributed by atoms with Gasteiger partial charge in [-0.05, 0) is 48.4 Å². The first-order valence-corrected chi connectivity index (χ1v) is 11.8. The highest BCUT2D eigenvalue weighted by Gasteiger charge is 2.36. The molecule has 3 heterocycles. The minimum absolute atomic E-state index is 0.182. The van der Waals surface area contributed by atoms with Gasteiger partial charge in [-0.2, -0.15) is 4.98 Å². The Kier molecular flexibility index (Phi) is 5.72. The lowest BCUT2D eigenvalue weighted by Gasteiger charge is -2.35. The minimum Gasteiger partial charge on any atom is -0.497 e. The van der Waals surface area contributed by atoms with Crippen LogP contribution in [-0.2, 0) is 6.54 Å². The van der Waals surface area contributed by atoms with Crippen molar-refractivity contribution in [2.45, 2.75) is 19.5 Å². The molecule has 6 rings (SSSR count). The van der Waals surface area contributed by atoms with Gasteiger partial charge in [0.05, 0.1) is 25.3 Å². The topological polar surface area (TPSA) is 99.0 Å². The Labute approximate surface area is 213 Å². The van der Waals surface area contributed by atoms with Gasteiger partial charge < -0.3 is 24.1 Å². The summed E-state index contributed by atoms with van der Waals surface area (Å²) >= 11 is 0. The van der Waals surface area contributed by atoms with Crippen molar-refractivity contribution in [1.29, 1.82) is 0 Å². The Bertz CT molecular complexity index is 1500. The fourth-order valence-corrected chi connectivity index (χ4v) is 4.57. The molecule has 2 aliphatic heterocycles. The molecular weight excluding hydrogens is 472 g/mol. The van der Waals surface area contributed by atoms with E-state index < -0.39 is 6.04 Å². The fraction of sp³-hybridized carbons (Fsp3) is 0.179. The number of benzene rings is 3. The van der Waals surface area contributed by atoms with Crippen LogP contribution in [0.25, 0.3) is 17.0 Å². The maximum Gasteiger partial charge on any atom is 0.322 e. The molecule has 2 amide bonds. The molecule has 4 aromatic rings. The average Bonchev–Trinajstić information content (AvgIpc) is 3.61. The monoisotopic (exact) mass is 496 g/mol. The molecule has 0 saturated carbocycles. The lowest BCUT2D eigenvalue weighted by Crippen LogP contribution is -2.45. The van der Waals surface area contributed by atoms with Gasteiger partial charge in [0.2, 0.25) is 12.6 Å². The van der Waals surface area contributed by atoms with E-state index in [9.17, 15) is 4.79 Å². The van der Waals surface area contributed by atoms with Gasteiger partial charge in [-0.25, -0.2) is 4.79 Å². The maximum atomic E-state index is 13.3. The summed E-state index contributed by atoms with van der Waals surface area (Å²) < 4.78 is 22.1. The predicted molar refractivity (Wildman–Crippen MR) is 135 cm³/mol. The Morgan fingerprint density at radius 3 is 2.70 bits per heavy atom. The molecule has 37 heavy (non-hydrogen) atoms. The van der Waals surface area contributed by atoms with E-state index in [2.05, 4.69) is 10.5 Å². The standard InChI is InChI=1S/C28H24N4O5/c1-17-24(27-30-26(31-37-27)20-11-12-22-23(14-20)36-16-35-22)25(19-9-6-10-21(13-19)34-2)29-28(33)32(17)15-18-7-4-3-5-8-18/h3-14,25H,15-16H2,1-2H3,(H,29,33). The van der Waals surface area contributed by atoms with E-state index in [-0.39, 0.29) is 12.8 Å². The van der Waals surface area contributed by atoms with Crippen LogP contribution in [0.5, 0.6) is 17.2 Å². The van der Waals surface area contributed by atoms with Crippen molar-refractivity contribution >= 4 is 11.6 Å². The second-order valence-electron chi connectivity index (χ2n) is 8.72. The third kappa shape index (κ3) is 4.24. The van der Waals surface area contributed by atoms with E-state index in [0.29, 0.717) is 41.1 Å². The summed E-state index contributed by atoms with van der Waals surface area (Å²) in [7, 11) is 1.61. The normalized spacial score (nSPS) is 16.6. The number of methoxy groups -OCH3 is 1. The quantitative estimate of drug-likeness (QED) is 0.393. The molecule has 0 spiro atoms. The molecule has 1 atom stereocenters. The van der Waals surface area contributed by atoms with Gasteiger partial charge in [0.1, 0.15) is 5.75 Å². The molecule has 3 aromatic carbocycles. The van der Waals surface area contributed by atoms with Crippen LogP contribution in [0.15, 0.2) is 83.0 Å². The van der Waals surface area contributed by atoms with Crippen molar-refractivity contribution in [2.24, 2.45) is 0 Å². The Morgan fingerprint density at radius 2 is 1.86 bits per heavy atom. The molecular formula is C28H24N4O5. The number of carbonyl (C=O) groups excluding carboxylic acids is 1. The van der Waals surface area contributed by atoms with Gasteiger partial charge in [0, 0.05) is 11.3 Å². The first kappa shape index (κ1) is 22.7. The molecule has 1 N–H and O–H groups in total. The van der Waals surface area contributed by atoms with Crippen molar-refractivity contribution in [2.75, 3.05) is 13.9 Å². The number of aromatic nitrogens is 2. The molecule has 9 nitrogen and oxygen atoms in total. The number of nitrogens with one attached hydrogen (secondary N) is 1. The summed E-state index contributed by atoms with van der Waals surface area (Å²) in [6, 6.07) is 22.1. The lowest BCUT2D eigenvalue weighted by atomic mass is 9.94. The van der Waals surface area contributed by atoms with Crippen LogP contribution in [-0.4, -0.2) is 35.0 Å². The van der Waals surface area contributed by atoms with Crippen LogP contribution in [0.4, 0.5) is 4.79 Å². The SMILES string of the molecule is COc1cccc(C2NC(=O)N(Cc3ccccc3)C(C)=C2c2nc(-c3ccc4c(c3)OCO4)no2)c1. The highest BCUT2D eigenvalue weighted by Crippen LogP contribution is 2.40. The number of hydrogen-bond donors (Lipinski definition) is 1. The van der Waals surface area contributed by atoms with Crippen molar-refractivity contribution in [3.05, 3.63) is 95.5 Å². The summed E-state index contributed by atoms with van der Waals surface area (Å²) in [6.07, 6.45) is 0. The van der Waals surface area contributed by atoms with Crippen LogP contribution in [0.3, 0.4) is 0 Å². The van der Waals surface area contributed by atoms with Gasteiger partial charge in [-0.1, -0.05) is 47.6 Å². The smallest absolute Gasteiger partial charge is 0.322 e. The Morgan fingerprint density at radius 1 is 1.03 bits per heavy atom. The number of amides is 2. The number of ether oxygens (including phenoxy) is 3. The second-order valence-corrected chi connectivity index (χ2v) is 8.72. The summed E-state index contributed by atoms with van der Waals surface area (Å²) in [5.41, 5.74) is 4.01. The van der Waals surface area contributed by atoms with Crippen molar-refractivity contribution < 1.29 is 23.5 Å². The van der Waals surface area contributed by atoms with E-state index in [4.69, 9.17) is 23.7 Å². The zero-order valence-corrected chi connectivity index (χ0v) is 20.3. The zero-order valence-electron chi connectivity index (χ0n) is 20.3. The molecule has 186 valence electrons. The van der Waals surface area contributed by atoms with Crippen LogP contribution in [0.2, 0.25) is 0 Å². The predicted octanol–water partition coefficient (Wildman–Crippen LogP) is 5.17. The molecule has 0 fully saturated rings. The van der Waals surface area contributed by atoms with E-state index in [1.54, 1.807) is 12.0 Å². The minimum atomic E-state index is -0.514.